The number of hydrogen-bond donors (Lipinski definition) is 0. The topological polar surface area (TPSA) is 17.1 Å². The molecule has 8 heavy (non-hydrogen) atoms. The summed E-state index contributed by atoms with van der Waals surface area (Å²) in [6.07, 6.45) is 2.11. The number of carbonyl (C=O) groups excluding carboxylic acids is 1. The van der Waals surface area contributed by atoms with E-state index >= 15 is 0 Å². The molecule has 0 heterocycles. The van der Waals surface area contributed by atoms with E-state index in [1.807, 2.05) is 0 Å². The fourth-order valence-corrected chi connectivity index (χ4v) is 1.32. The molecule has 1 rings (SSSR count). The molecule has 0 aliphatic heterocycles. The second-order valence-electron chi connectivity index (χ2n) is 2.43. The van der Waals surface area contributed by atoms with Crippen LogP contribution in [0.4, 0.5) is 0 Å². The van der Waals surface area contributed by atoms with E-state index in [1.54, 1.807) is 0 Å². The highest BCUT2D eigenvalue weighted by atomic mass is 16.1. The molecule has 0 amide bonds. The molecule has 1 saturated carbocycles. The average Bonchev–Trinajstić information content (AvgIpc) is 2.40. The van der Waals surface area contributed by atoms with Crippen LogP contribution in [0.5, 0.6) is 0 Å². The first kappa shape index (κ1) is 5.80. The molecule has 0 aromatic heterocycles. The van der Waals surface area contributed by atoms with Gasteiger partial charge in [0, 0.05) is 11.8 Å². The Hall–Kier alpha value is -0.330. The molecular weight excluding hydrogens is 100 g/mol. The molecule has 1 fully saturated rings. The highest BCUT2D eigenvalue weighted by molar-refractivity contribution is 5.99. The van der Waals surface area contributed by atoms with Gasteiger partial charge in [0.25, 0.3) is 0 Å². The van der Waals surface area contributed by atoms with Crippen LogP contribution < -0.4 is 0 Å². The van der Waals surface area contributed by atoms with Crippen LogP contribution in [0.15, 0.2) is 0 Å². The van der Waals surface area contributed by atoms with Gasteiger partial charge in [-0.1, -0.05) is 13.8 Å². The average molecular weight is 112 g/mol. The van der Waals surface area contributed by atoms with Gasteiger partial charge in [0.15, 0.2) is 0 Å². The van der Waals surface area contributed by atoms with Gasteiger partial charge in [-0.3, -0.25) is 4.79 Å². The van der Waals surface area contributed by atoms with Crippen LogP contribution in [0.2, 0.25) is 0 Å². The van der Waals surface area contributed by atoms with E-state index in [4.69, 9.17) is 0 Å². The third-order valence-electron chi connectivity index (χ3n) is 1.99. The standard InChI is InChI=1S/C7H12O/c1-3-5-6(4-2)7(5)8/h5-6H,3-4H2,1-2H3. The van der Waals surface area contributed by atoms with E-state index in [-0.39, 0.29) is 0 Å². The van der Waals surface area contributed by atoms with Gasteiger partial charge in [-0.15, -0.1) is 0 Å². The third-order valence-corrected chi connectivity index (χ3v) is 1.99. The van der Waals surface area contributed by atoms with Crippen LogP contribution in [-0.2, 0) is 4.79 Å². The van der Waals surface area contributed by atoms with Crippen LogP contribution in [0.3, 0.4) is 0 Å². The molecular formula is C7H12O. The Bertz CT molecular complexity index is 95.0. The Balaban J connectivity index is 2.34. The smallest absolute Gasteiger partial charge is 0.140 e. The number of carbonyl (C=O) groups is 1. The lowest BCUT2D eigenvalue weighted by Gasteiger charge is -1.81. The Labute approximate surface area is 50.1 Å². The minimum atomic E-state index is 0.444. The molecule has 0 aromatic carbocycles. The van der Waals surface area contributed by atoms with E-state index in [1.165, 1.54) is 0 Å². The van der Waals surface area contributed by atoms with Crippen molar-refractivity contribution < 1.29 is 4.79 Å². The molecule has 46 valence electrons. The number of hydrogen-bond acceptors (Lipinski definition) is 1. The first-order valence-corrected chi connectivity index (χ1v) is 3.35. The second-order valence-corrected chi connectivity index (χ2v) is 2.43. The van der Waals surface area contributed by atoms with Gasteiger partial charge in [0.1, 0.15) is 5.78 Å². The monoisotopic (exact) mass is 112 g/mol. The Morgan fingerprint density at radius 1 is 1.25 bits per heavy atom. The molecule has 2 unspecified atom stereocenters. The van der Waals surface area contributed by atoms with Crippen molar-refractivity contribution in [2.75, 3.05) is 0 Å². The number of rotatable bonds is 2. The van der Waals surface area contributed by atoms with Crippen molar-refractivity contribution in [3.05, 3.63) is 0 Å². The van der Waals surface area contributed by atoms with Crippen LogP contribution in [0.1, 0.15) is 26.7 Å². The van der Waals surface area contributed by atoms with Gasteiger partial charge >= 0.3 is 0 Å². The van der Waals surface area contributed by atoms with E-state index in [2.05, 4.69) is 13.8 Å². The van der Waals surface area contributed by atoms with Crippen molar-refractivity contribution in [2.24, 2.45) is 11.8 Å². The summed E-state index contributed by atoms with van der Waals surface area (Å²) >= 11 is 0. The highest BCUT2D eigenvalue weighted by Gasteiger charge is 2.45. The Morgan fingerprint density at radius 2 is 1.62 bits per heavy atom. The van der Waals surface area contributed by atoms with E-state index < -0.39 is 0 Å². The molecule has 1 aliphatic rings. The summed E-state index contributed by atoms with van der Waals surface area (Å²) < 4.78 is 0. The lowest BCUT2D eigenvalue weighted by Crippen LogP contribution is -1.74. The molecule has 0 N–H and O–H groups in total. The van der Waals surface area contributed by atoms with Crippen molar-refractivity contribution in [3.63, 3.8) is 0 Å². The largest absolute Gasteiger partial charge is 0.299 e. The van der Waals surface area contributed by atoms with E-state index in [0.717, 1.165) is 12.8 Å². The van der Waals surface area contributed by atoms with E-state index in [9.17, 15) is 4.79 Å². The zero-order chi connectivity index (χ0) is 6.15. The minimum Gasteiger partial charge on any atom is -0.299 e. The first-order valence-electron chi connectivity index (χ1n) is 3.35. The number of Topliss-reactive ketones (excluding diaryl/α,β-unsaturated/α-hetero) is 1. The molecule has 1 heteroatoms. The third kappa shape index (κ3) is 0.662. The van der Waals surface area contributed by atoms with Gasteiger partial charge < -0.3 is 0 Å². The lowest BCUT2D eigenvalue weighted by molar-refractivity contribution is -0.112. The Morgan fingerprint density at radius 3 is 1.75 bits per heavy atom. The van der Waals surface area contributed by atoms with Crippen LogP contribution in [0, 0.1) is 11.8 Å². The van der Waals surface area contributed by atoms with Crippen molar-refractivity contribution in [2.45, 2.75) is 26.7 Å². The Kier molecular flexibility index (Phi) is 1.37. The maximum Gasteiger partial charge on any atom is 0.140 e. The molecule has 0 aromatic rings. The summed E-state index contributed by atoms with van der Waals surface area (Å²) in [6, 6.07) is 0. The lowest BCUT2D eigenvalue weighted by atomic mass is 10.2. The van der Waals surface area contributed by atoms with Crippen molar-refractivity contribution in [1.82, 2.24) is 0 Å². The second kappa shape index (κ2) is 1.88. The van der Waals surface area contributed by atoms with Crippen LogP contribution in [0.25, 0.3) is 0 Å². The maximum absolute atomic E-state index is 10.7. The summed E-state index contributed by atoms with van der Waals surface area (Å²) in [5.74, 6) is 1.38. The predicted octanol–water partition coefficient (Wildman–Crippen LogP) is 1.62. The van der Waals surface area contributed by atoms with Crippen molar-refractivity contribution in [1.29, 1.82) is 0 Å². The molecule has 0 saturated heterocycles. The zero-order valence-corrected chi connectivity index (χ0v) is 5.48. The summed E-state index contributed by atoms with van der Waals surface area (Å²) in [6.45, 7) is 4.16. The first-order chi connectivity index (χ1) is 3.81. The molecule has 1 nitrogen and oxygen atoms in total. The molecule has 2 atom stereocenters. The summed E-state index contributed by atoms with van der Waals surface area (Å²) in [7, 11) is 0. The quantitative estimate of drug-likeness (QED) is 0.530. The van der Waals surface area contributed by atoms with Gasteiger partial charge in [-0.25, -0.2) is 0 Å². The maximum atomic E-state index is 10.7. The van der Waals surface area contributed by atoms with E-state index in [0.29, 0.717) is 17.6 Å². The summed E-state index contributed by atoms with van der Waals surface area (Å²) in [5, 5.41) is 0. The van der Waals surface area contributed by atoms with Gasteiger partial charge in [-0.05, 0) is 12.8 Å². The fraction of sp³-hybridized carbons (Fsp3) is 0.857. The molecule has 1 aliphatic carbocycles. The molecule has 0 bridgehead atoms. The summed E-state index contributed by atoms with van der Waals surface area (Å²) in [4.78, 5) is 10.7. The van der Waals surface area contributed by atoms with Crippen LogP contribution >= 0.6 is 0 Å². The van der Waals surface area contributed by atoms with Crippen molar-refractivity contribution in [3.8, 4) is 0 Å². The van der Waals surface area contributed by atoms with Crippen LogP contribution in [-0.4, -0.2) is 5.78 Å². The van der Waals surface area contributed by atoms with Gasteiger partial charge in [0.2, 0.25) is 0 Å². The molecule has 0 spiro atoms. The van der Waals surface area contributed by atoms with Gasteiger partial charge in [-0.2, -0.15) is 0 Å². The van der Waals surface area contributed by atoms with Gasteiger partial charge in [0.05, 0.1) is 0 Å². The number of ketones is 1. The zero-order valence-electron chi connectivity index (χ0n) is 5.48. The fourth-order valence-electron chi connectivity index (χ4n) is 1.32. The predicted molar refractivity (Wildman–Crippen MR) is 32.6 cm³/mol. The molecule has 0 radical (unpaired) electrons. The highest BCUT2D eigenvalue weighted by Crippen LogP contribution is 2.38. The van der Waals surface area contributed by atoms with Crippen molar-refractivity contribution >= 4 is 5.78 Å². The SMILES string of the molecule is CCC1C(=O)C1CC. The normalized spacial score (nSPS) is 35.5. The minimum absolute atomic E-state index is 0.444. The summed E-state index contributed by atoms with van der Waals surface area (Å²) in [5.41, 5.74) is 0.